The van der Waals surface area contributed by atoms with Crippen molar-refractivity contribution in [3.05, 3.63) is 24.0 Å². The minimum atomic E-state index is -3.64. The number of halogens is 1. The van der Waals surface area contributed by atoms with Gasteiger partial charge in [-0.2, -0.15) is 12.7 Å². The molecule has 2 rings (SSSR count). The summed E-state index contributed by atoms with van der Waals surface area (Å²) in [5, 5.41) is 3.06. The van der Waals surface area contributed by atoms with Crippen molar-refractivity contribution in [2.75, 3.05) is 38.0 Å². The molecule has 19 heavy (non-hydrogen) atoms. The highest BCUT2D eigenvalue weighted by Crippen LogP contribution is 2.21. The minimum absolute atomic E-state index is 0.0742. The topological polar surface area (TPSA) is 70.7 Å². The summed E-state index contributed by atoms with van der Waals surface area (Å²) >= 11 is 0. The first-order chi connectivity index (χ1) is 9.03. The Kier molecular flexibility index (Phi) is 4.23. The highest BCUT2D eigenvalue weighted by molar-refractivity contribution is 7.90. The number of anilines is 1. The molecule has 1 aliphatic rings. The molecule has 0 saturated carbocycles. The van der Waals surface area contributed by atoms with E-state index in [4.69, 9.17) is 4.74 Å². The van der Waals surface area contributed by atoms with Gasteiger partial charge in [0, 0.05) is 32.2 Å². The Labute approximate surface area is 111 Å². The van der Waals surface area contributed by atoms with Crippen LogP contribution in [-0.2, 0) is 10.2 Å². The molecule has 1 saturated heterocycles. The van der Waals surface area contributed by atoms with Crippen LogP contribution in [0.1, 0.15) is 0 Å². The predicted molar refractivity (Wildman–Crippen MR) is 69.9 cm³/mol. The number of nitrogens with one attached hydrogen (secondary N) is 2. The first kappa shape index (κ1) is 14.0. The molecule has 0 amide bonds. The van der Waals surface area contributed by atoms with Crippen molar-refractivity contribution in [3.8, 4) is 5.75 Å². The molecule has 8 heteroatoms. The number of piperazine rings is 1. The monoisotopic (exact) mass is 289 g/mol. The van der Waals surface area contributed by atoms with Crippen molar-refractivity contribution in [3.63, 3.8) is 0 Å². The quantitative estimate of drug-likeness (QED) is 0.841. The highest BCUT2D eigenvalue weighted by atomic mass is 32.2. The number of nitrogens with zero attached hydrogens (tertiary/aromatic N) is 1. The van der Waals surface area contributed by atoms with Crippen LogP contribution in [-0.4, -0.2) is 46.0 Å². The van der Waals surface area contributed by atoms with Crippen LogP contribution in [0.4, 0.5) is 10.1 Å². The van der Waals surface area contributed by atoms with E-state index in [1.165, 1.54) is 23.5 Å². The second-order valence-electron chi connectivity index (χ2n) is 4.11. The molecule has 1 aromatic carbocycles. The lowest BCUT2D eigenvalue weighted by Crippen LogP contribution is -2.48. The van der Waals surface area contributed by atoms with Gasteiger partial charge in [0.05, 0.1) is 12.8 Å². The lowest BCUT2D eigenvalue weighted by atomic mass is 10.3. The average molecular weight is 289 g/mol. The van der Waals surface area contributed by atoms with Gasteiger partial charge in [-0.1, -0.05) is 0 Å². The van der Waals surface area contributed by atoms with E-state index in [1.807, 2.05) is 0 Å². The van der Waals surface area contributed by atoms with E-state index in [9.17, 15) is 12.8 Å². The Bertz CT molecular complexity index is 544. The van der Waals surface area contributed by atoms with Gasteiger partial charge in [-0.05, 0) is 12.1 Å². The fourth-order valence-electron chi connectivity index (χ4n) is 1.83. The van der Waals surface area contributed by atoms with Crippen LogP contribution < -0.4 is 14.8 Å². The maximum Gasteiger partial charge on any atom is 0.301 e. The fraction of sp³-hybridized carbons (Fsp3) is 0.455. The SMILES string of the molecule is COc1ccc(NS(=O)(=O)N2CCNCC2)cc1F. The van der Waals surface area contributed by atoms with Crippen molar-refractivity contribution < 1.29 is 17.5 Å². The van der Waals surface area contributed by atoms with E-state index in [-0.39, 0.29) is 11.4 Å². The summed E-state index contributed by atoms with van der Waals surface area (Å²) < 4.78 is 46.0. The smallest absolute Gasteiger partial charge is 0.301 e. The molecule has 0 aromatic heterocycles. The number of methoxy groups -OCH3 is 1. The average Bonchev–Trinajstić information content (AvgIpc) is 2.39. The molecule has 0 spiro atoms. The largest absolute Gasteiger partial charge is 0.494 e. The van der Waals surface area contributed by atoms with Crippen LogP contribution in [0.25, 0.3) is 0 Å². The second kappa shape index (κ2) is 5.72. The summed E-state index contributed by atoms with van der Waals surface area (Å²) in [5.41, 5.74) is 0.178. The molecule has 1 heterocycles. The van der Waals surface area contributed by atoms with Gasteiger partial charge in [-0.3, -0.25) is 4.72 Å². The first-order valence-corrected chi connectivity index (χ1v) is 7.29. The van der Waals surface area contributed by atoms with Crippen LogP contribution in [0.3, 0.4) is 0 Å². The summed E-state index contributed by atoms with van der Waals surface area (Å²) in [6.45, 7) is 2.01. The van der Waals surface area contributed by atoms with Gasteiger partial charge < -0.3 is 10.1 Å². The van der Waals surface area contributed by atoms with Gasteiger partial charge >= 0.3 is 10.2 Å². The van der Waals surface area contributed by atoms with E-state index in [2.05, 4.69) is 10.0 Å². The lowest BCUT2D eigenvalue weighted by molar-refractivity contribution is 0.362. The molecule has 2 N–H and O–H groups in total. The standard InChI is InChI=1S/C11H16FN3O3S/c1-18-11-3-2-9(8-10(11)12)14-19(16,17)15-6-4-13-5-7-15/h2-3,8,13-14H,4-7H2,1H3. The van der Waals surface area contributed by atoms with Gasteiger partial charge in [0.2, 0.25) is 0 Å². The van der Waals surface area contributed by atoms with Crippen LogP contribution in [0.2, 0.25) is 0 Å². The van der Waals surface area contributed by atoms with Crippen molar-refractivity contribution in [1.29, 1.82) is 0 Å². The third-order valence-electron chi connectivity index (χ3n) is 2.81. The van der Waals surface area contributed by atoms with E-state index in [1.54, 1.807) is 0 Å². The Morgan fingerprint density at radius 1 is 1.37 bits per heavy atom. The highest BCUT2D eigenvalue weighted by Gasteiger charge is 2.23. The van der Waals surface area contributed by atoms with Crippen molar-refractivity contribution in [2.45, 2.75) is 0 Å². The number of ether oxygens (including phenoxy) is 1. The molecule has 0 aliphatic carbocycles. The fourth-order valence-corrected chi connectivity index (χ4v) is 3.05. The Balaban J connectivity index is 2.13. The molecule has 1 fully saturated rings. The lowest BCUT2D eigenvalue weighted by Gasteiger charge is -2.26. The number of hydrogen-bond acceptors (Lipinski definition) is 4. The number of hydrogen-bond donors (Lipinski definition) is 2. The number of rotatable bonds is 4. The maximum atomic E-state index is 13.5. The zero-order valence-electron chi connectivity index (χ0n) is 10.5. The Hall–Kier alpha value is -1.38. The molecule has 1 aliphatic heterocycles. The third kappa shape index (κ3) is 3.34. The van der Waals surface area contributed by atoms with E-state index in [0.717, 1.165) is 6.07 Å². The Morgan fingerprint density at radius 3 is 2.63 bits per heavy atom. The second-order valence-corrected chi connectivity index (χ2v) is 5.78. The predicted octanol–water partition coefficient (Wildman–Crippen LogP) is 0.396. The summed E-state index contributed by atoms with van der Waals surface area (Å²) in [7, 11) is -2.29. The van der Waals surface area contributed by atoms with E-state index in [0.29, 0.717) is 26.2 Å². The molecule has 0 atom stereocenters. The summed E-state index contributed by atoms with van der Waals surface area (Å²) in [5.74, 6) is -0.534. The van der Waals surface area contributed by atoms with Crippen LogP contribution in [0, 0.1) is 5.82 Å². The molecule has 0 radical (unpaired) electrons. The molecular formula is C11H16FN3O3S. The first-order valence-electron chi connectivity index (χ1n) is 5.85. The molecular weight excluding hydrogens is 273 g/mol. The normalized spacial score (nSPS) is 17.2. The molecule has 6 nitrogen and oxygen atoms in total. The van der Waals surface area contributed by atoms with Gasteiger partial charge in [0.25, 0.3) is 0 Å². The zero-order chi connectivity index (χ0) is 13.9. The molecule has 0 bridgehead atoms. The molecule has 1 aromatic rings. The van der Waals surface area contributed by atoms with Crippen molar-refractivity contribution >= 4 is 15.9 Å². The van der Waals surface area contributed by atoms with Gasteiger partial charge in [-0.15, -0.1) is 0 Å². The van der Waals surface area contributed by atoms with E-state index < -0.39 is 16.0 Å². The summed E-state index contributed by atoms with van der Waals surface area (Å²) in [6.07, 6.45) is 0. The zero-order valence-corrected chi connectivity index (χ0v) is 11.3. The Morgan fingerprint density at radius 2 is 2.05 bits per heavy atom. The summed E-state index contributed by atoms with van der Waals surface area (Å²) in [4.78, 5) is 0. The minimum Gasteiger partial charge on any atom is -0.494 e. The maximum absolute atomic E-state index is 13.5. The van der Waals surface area contributed by atoms with Gasteiger partial charge in [0.15, 0.2) is 11.6 Å². The van der Waals surface area contributed by atoms with E-state index >= 15 is 0 Å². The molecule has 106 valence electrons. The van der Waals surface area contributed by atoms with Gasteiger partial charge in [-0.25, -0.2) is 4.39 Å². The number of benzene rings is 1. The molecule has 0 unspecified atom stereocenters. The van der Waals surface area contributed by atoms with Crippen molar-refractivity contribution in [2.24, 2.45) is 0 Å². The van der Waals surface area contributed by atoms with Crippen LogP contribution in [0.5, 0.6) is 5.75 Å². The van der Waals surface area contributed by atoms with Gasteiger partial charge in [0.1, 0.15) is 0 Å². The third-order valence-corrected chi connectivity index (χ3v) is 4.35. The van der Waals surface area contributed by atoms with Crippen LogP contribution in [0.15, 0.2) is 18.2 Å². The van der Waals surface area contributed by atoms with Crippen molar-refractivity contribution in [1.82, 2.24) is 9.62 Å². The summed E-state index contributed by atoms with van der Waals surface area (Å²) in [6, 6.07) is 3.94. The van der Waals surface area contributed by atoms with Crippen LogP contribution >= 0.6 is 0 Å².